The lowest BCUT2D eigenvalue weighted by Gasteiger charge is -2.14. The second kappa shape index (κ2) is 10.2. The molecule has 2 amide bonds. The molecule has 0 saturated heterocycles. The minimum Gasteiger partial charge on any atom is -0.454 e. The van der Waals surface area contributed by atoms with Crippen LogP contribution in [-0.2, 0) is 14.3 Å². The Morgan fingerprint density at radius 3 is 2.48 bits per heavy atom. The molecule has 154 valence electrons. The number of alkyl halides is 2. The van der Waals surface area contributed by atoms with Crippen molar-refractivity contribution >= 4 is 23.5 Å². The normalized spacial score (nSPS) is 11.5. The van der Waals surface area contributed by atoms with Crippen molar-refractivity contribution in [1.29, 1.82) is 0 Å². The smallest absolute Gasteiger partial charge is 0.387 e. The van der Waals surface area contributed by atoms with Gasteiger partial charge in [-0.25, -0.2) is 4.79 Å². The maximum absolute atomic E-state index is 12.4. The SMILES string of the molecule is Cc1cccc(C(=O)N[C@@H](C)C(=O)OCC(=O)Nc2ccccc2OC(F)F)c1. The lowest BCUT2D eigenvalue weighted by Crippen LogP contribution is -2.40. The summed E-state index contributed by atoms with van der Waals surface area (Å²) in [7, 11) is 0. The van der Waals surface area contributed by atoms with Gasteiger partial charge in [0, 0.05) is 5.56 Å². The maximum atomic E-state index is 12.4. The summed E-state index contributed by atoms with van der Waals surface area (Å²) < 4.78 is 33.9. The predicted octanol–water partition coefficient (Wildman–Crippen LogP) is 2.90. The summed E-state index contributed by atoms with van der Waals surface area (Å²) in [4.78, 5) is 36.1. The van der Waals surface area contributed by atoms with Crippen molar-refractivity contribution in [1.82, 2.24) is 5.32 Å². The zero-order chi connectivity index (χ0) is 21.4. The molecule has 1 atom stereocenters. The summed E-state index contributed by atoms with van der Waals surface area (Å²) in [6, 6.07) is 11.4. The number of ether oxygens (including phenoxy) is 2. The summed E-state index contributed by atoms with van der Waals surface area (Å²) in [5.41, 5.74) is 1.29. The number of rotatable bonds is 8. The Morgan fingerprint density at radius 2 is 1.79 bits per heavy atom. The van der Waals surface area contributed by atoms with E-state index in [0.717, 1.165) is 5.56 Å². The first kappa shape index (κ1) is 21.8. The molecular formula is C20H20F2N2O5. The first-order valence-electron chi connectivity index (χ1n) is 8.64. The molecule has 2 aromatic carbocycles. The minimum absolute atomic E-state index is 0.00893. The Morgan fingerprint density at radius 1 is 1.07 bits per heavy atom. The van der Waals surface area contributed by atoms with Gasteiger partial charge in [-0.1, -0.05) is 29.8 Å². The number of aryl methyl sites for hydroxylation is 1. The molecule has 0 unspecified atom stereocenters. The summed E-state index contributed by atoms with van der Waals surface area (Å²) in [6.45, 7) is -0.465. The number of para-hydroxylation sites is 2. The molecule has 0 aliphatic rings. The molecule has 0 saturated carbocycles. The molecule has 0 aliphatic carbocycles. The Bertz CT molecular complexity index is 889. The van der Waals surface area contributed by atoms with Gasteiger partial charge in [0.25, 0.3) is 11.8 Å². The zero-order valence-corrected chi connectivity index (χ0v) is 15.8. The third kappa shape index (κ3) is 6.87. The molecule has 0 aliphatic heterocycles. The Kier molecular flexibility index (Phi) is 7.64. The molecule has 0 aromatic heterocycles. The Hall–Kier alpha value is -3.49. The topological polar surface area (TPSA) is 93.7 Å². The number of carbonyl (C=O) groups is 3. The molecule has 0 spiro atoms. The first-order valence-corrected chi connectivity index (χ1v) is 8.64. The van der Waals surface area contributed by atoms with Crippen molar-refractivity contribution in [2.45, 2.75) is 26.5 Å². The van der Waals surface area contributed by atoms with Crippen molar-refractivity contribution in [3.8, 4) is 5.75 Å². The van der Waals surface area contributed by atoms with Crippen LogP contribution in [0.15, 0.2) is 48.5 Å². The number of hydrogen-bond donors (Lipinski definition) is 2. The monoisotopic (exact) mass is 406 g/mol. The van der Waals surface area contributed by atoms with Crippen molar-refractivity contribution in [3.05, 3.63) is 59.7 Å². The first-order chi connectivity index (χ1) is 13.8. The van der Waals surface area contributed by atoms with E-state index in [1.165, 1.54) is 31.2 Å². The number of halogens is 2. The van der Waals surface area contributed by atoms with Gasteiger partial charge >= 0.3 is 12.6 Å². The van der Waals surface area contributed by atoms with E-state index in [2.05, 4.69) is 15.4 Å². The number of amides is 2. The highest BCUT2D eigenvalue weighted by Gasteiger charge is 2.19. The van der Waals surface area contributed by atoms with E-state index in [1.54, 1.807) is 18.2 Å². The van der Waals surface area contributed by atoms with Gasteiger partial charge in [0.15, 0.2) is 6.61 Å². The molecule has 2 rings (SSSR count). The number of nitrogens with one attached hydrogen (secondary N) is 2. The number of anilines is 1. The lowest BCUT2D eigenvalue weighted by molar-refractivity contribution is -0.148. The second-order valence-electron chi connectivity index (χ2n) is 6.10. The number of hydrogen-bond acceptors (Lipinski definition) is 5. The fraction of sp³-hybridized carbons (Fsp3) is 0.250. The molecule has 7 nitrogen and oxygen atoms in total. The molecule has 2 aromatic rings. The number of benzene rings is 2. The van der Waals surface area contributed by atoms with E-state index in [1.807, 2.05) is 13.0 Å². The fourth-order valence-electron chi connectivity index (χ4n) is 2.34. The van der Waals surface area contributed by atoms with Crippen LogP contribution in [0.1, 0.15) is 22.8 Å². The molecular weight excluding hydrogens is 386 g/mol. The molecule has 9 heteroatoms. The van der Waals surface area contributed by atoms with Gasteiger partial charge in [0.1, 0.15) is 11.8 Å². The van der Waals surface area contributed by atoms with Crippen molar-refractivity contribution < 1.29 is 32.6 Å². The summed E-state index contributed by atoms with van der Waals surface area (Å²) in [5.74, 6) is -2.25. The average Bonchev–Trinajstić information content (AvgIpc) is 2.67. The van der Waals surface area contributed by atoms with E-state index >= 15 is 0 Å². The van der Waals surface area contributed by atoms with E-state index < -0.39 is 37.0 Å². The van der Waals surface area contributed by atoms with Crippen LogP contribution in [0.5, 0.6) is 5.75 Å². The number of esters is 1. The van der Waals surface area contributed by atoms with Crippen LogP contribution < -0.4 is 15.4 Å². The highest BCUT2D eigenvalue weighted by molar-refractivity contribution is 5.97. The van der Waals surface area contributed by atoms with E-state index in [-0.39, 0.29) is 11.4 Å². The summed E-state index contributed by atoms with van der Waals surface area (Å²) >= 11 is 0. The van der Waals surface area contributed by atoms with Gasteiger partial charge in [-0.3, -0.25) is 9.59 Å². The van der Waals surface area contributed by atoms with Gasteiger partial charge in [-0.2, -0.15) is 8.78 Å². The van der Waals surface area contributed by atoms with Crippen LogP contribution in [0.2, 0.25) is 0 Å². The van der Waals surface area contributed by atoms with E-state index in [0.29, 0.717) is 5.56 Å². The minimum atomic E-state index is -3.05. The van der Waals surface area contributed by atoms with Crippen LogP contribution in [0.3, 0.4) is 0 Å². The van der Waals surface area contributed by atoms with E-state index in [4.69, 9.17) is 4.74 Å². The fourth-order valence-corrected chi connectivity index (χ4v) is 2.34. The highest BCUT2D eigenvalue weighted by atomic mass is 19.3. The molecule has 29 heavy (non-hydrogen) atoms. The lowest BCUT2D eigenvalue weighted by atomic mass is 10.1. The van der Waals surface area contributed by atoms with Crippen LogP contribution in [0.25, 0.3) is 0 Å². The van der Waals surface area contributed by atoms with Gasteiger partial charge in [-0.15, -0.1) is 0 Å². The predicted molar refractivity (Wildman–Crippen MR) is 101 cm³/mol. The zero-order valence-electron chi connectivity index (χ0n) is 15.8. The standard InChI is InChI=1S/C20H20F2N2O5/c1-12-6-5-7-14(10-12)18(26)23-13(2)19(27)28-11-17(25)24-15-8-3-4-9-16(15)29-20(21)22/h3-10,13,20H,11H2,1-2H3,(H,23,26)(H,24,25)/t13-/m0/s1. The highest BCUT2D eigenvalue weighted by Crippen LogP contribution is 2.25. The third-order valence-electron chi connectivity index (χ3n) is 3.70. The third-order valence-corrected chi connectivity index (χ3v) is 3.70. The quantitative estimate of drug-likeness (QED) is 0.658. The van der Waals surface area contributed by atoms with E-state index in [9.17, 15) is 23.2 Å². The van der Waals surface area contributed by atoms with Gasteiger partial charge in [-0.05, 0) is 38.1 Å². The molecule has 0 radical (unpaired) electrons. The van der Waals surface area contributed by atoms with Crippen molar-refractivity contribution in [2.24, 2.45) is 0 Å². The molecule has 0 fully saturated rings. The van der Waals surface area contributed by atoms with Crippen LogP contribution >= 0.6 is 0 Å². The summed E-state index contributed by atoms with van der Waals surface area (Å²) in [6.07, 6.45) is 0. The average molecular weight is 406 g/mol. The van der Waals surface area contributed by atoms with Gasteiger partial charge in [0.05, 0.1) is 5.69 Å². The van der Waals surface area contributed by atoms with Gasteiger partial charge in [0.2, 0.25) is 0 Å². The second-order valence-corrected chi connectivity index (χ2v) is 6.10. The molecule has 0 bridgehead atoms. The molecule has 2 N–H and O–H groups in total. The van der Waals surface area contributed by atoms with Crippen LogP contribution in [0, 0.1) is 6.92 Å². The largest absolute Gasteiger partial charge is 0.454 e. The number of carbonyl (C=O) groups excluding carboxylic acids is 3. The van der Waals surface area contributed by atoms with Crippen LogP contribution in [0.4, 0.5) is 14.5 Å². The van der Waals surface area contributed by atoms with Crippen molar-refractivity contribution in [2.75, 3.05) is 11.9 Å². The maximum Gasteiger partial charge on any atom is 0.387 e. The van der Waals surface area contributed by atoms with Crippen LogP contribution in [-0.4, -0.2) is 37.0 Å². The Labute approximate surface area is 166 Å². The Balaban J connectivity index is 1.85. The van der Waals surface area contributed by atoms with Gasteiger partial charge < -0.3 is 20.1 Å². The molecule has 0 heterocycles. The van der Waals surface area contributed by atoms with Crippen molar-refractivity contribution in [3.63, 3.8) is 0 Å². The summed E-state index contributed by atoms with van der Waals surface area (Å²) in [5, 5.41) is 4.80.